The number of fused-ring (bicyclic) bond motifs is 1. The van der Waals surface area contributed by atoms with E-state index in [0.29, 0.717) is 12.3 Å². The van der Waals surface area contributed by atoms with E-state index in [-0.39, 0.29) is 5.25 Å². The highest BCUT2D eigenvalue weighted by Crippen LogP contribution is 2.29. The third-order valence-corrected chi connectivity index (χ3v) is 7.04. The molecule has 0 radical (unpaired) electrons. The van der Waals surface area contributed by atoms with Crippen molar-refractivity contribution >= 4 is 52.5 Å². The summed E-state index contributed by atoms with van der Waals surface area (Å²) in [6.45, 7) is 0.462. The molecule has 2 heterocycles. The van der Waals surface area contributed by atoms with Crippen molar-refractivity contribution in [3.8, 4) is 0 Å². The topological polar surface area (TPSA) is 59.1 Å². The van der Waals surface area contributed by atoms with Gasteiger partial charge in [0, 0.05) is 11.0 Å². The average Bonchev–Trinajstić information content (AvgIpc) is 2.88. The highest BCUT2D eigenvalue weighted by atomic mass is 79.9. The SMILES string of the molecule is O=S1(=O)CCCC1CNc1nc2ccc(Br)cc2s1. The lowest BCUT2D eigenvalue weighted by Gasteiger charge is -2.09. The van der Waals surface area contributed by atoms with Crippen LogP contribution in [-0.4, -0.2) is 30.9 Å². The van der Waals surface area contributed by atoms with Crippen LogP contribution in [-0.2, 0) is 9.84 Å². The minimum atomic E-state index is -2.89. The average molecular weight is 361 g/mol. The van der Waals surface area contributed by atoms with Gasteiger partial charge in [-0.25, -0.2) is 13.4 Å². The zero-order valence-electron chi connectivity index (χ0n) is 10.1. The summed E-state index contributed by atoms with van der Waals surface area (Å²) in [6, 6.07) is 5.92. The second-order valence-corrected chi connectivity index (χ2v) is 8.99. The fourth-order valence-electron chi connectivity index (χ4n) is 2.26. The molecule has 1 N–H and O–H groups in total. The van der Waals surface area contributed by atoms with Gasteiger partial charge in [-0.05, 0) is 31.0 Å². The zero-order valence-corrected chi connectivity index (χ0v) is 13.3. The van der Waals surface area contributed by atoms with E-state index in [1.54, 1.807) is 11.3 Å². The number of hydrogen-bond acceptors (Lipinski definition) is 5. The minimum absolute atomic E-state index is 0.258. The maximum absolute atomic E-state index is 11.7. The highest BCUT2D eigenvalue weighted by Gasteiger charge is 2.30. The Morgan fingerprint density at radius 1 is 1.47 bits per heavy atom. The molecule has 102 valence electrons. The highest BCUT2D eigenvalue weighted by molar-refractivity contribution is 9.10. The third-order valence-electron chi connectivity index (χ3n) is 3.29. The third kappa shape index (κ3) is 2.78. The van der Waals surface area contributed by atoms with Crippen LogP contribution in [0.3, 0.4) is 0 Å². The maximum Gasteiger partial charge on any atom is 0.183 e. The van der Waals surface area contributed by atoms with Crippen LogP contribution in [0.25, 0.3) is 10.2 Å². The molecule has 1 atom stereocenters. The van der Waals surface area contributed by atoms with E-state index < -0.39 is 9.84 Å². The van der Waals surface area contributed by atoms with E-state index in [4.69, 9.17) is 0 Å². The summed E-state index contributed by atoms with van der Waals surface area (Å²) in [5.41, 5.74) is 0.935. The molecular formula is C12H13BrN2O2S2. The summed E-state index contributed by atoms with van der Waals surface area (Å²) in [6.07, 6.45) is 1.53. The van der Waals surface area contributed by atoms with Gasteiger partial charge in [-0.15, -0.1) is 0 Å². The molecule has 0 amide bonds. The van der Waals surface area contributed by atoms with Gasteiger partial charge in [-0.1, -0.05) is 27.3 Å². The van der Waals surface area contributed by atoms with Crippen LogP contribution < -0.4 is 5.32 Å². The number of anilines is 1. The van der Waals surface area contributed by atoms with E-state index in [1.165, 1.54) is 0 Å². The van der Waals surface area contributed by atoms with Crippen molar-refractivity contribution in [2.24, 2.45) is 0 Å². The molecule has 4 nitrogen and oxygen atoms in total. The van der Waals surface area contributed by atoms with E-state index in [1.807, 2.05) is 18.2 Å². The van der Waals surface area contributed by atoms with Gasteiger partial charge in [-0.2, -0.15) is 0 Å². The molecule has 7 heteroatoms. The van der Waals surface area contributed by atoms with Crippen LogP contribution in [0, 0.1) is 0 Å². The molecule has 0 bridgehead atoms. The van der Waals surface area contributed by atoms with Crippen molar-refractivity contribution in [2.45, 2.75) is 18.1 Å². The lowest BCUT2D eigenvalue weighted by atomic mass is 10.2. The molecule has 1 fully saturated rings. The number of thiazole rings is 1. The Hall–Kier alpha value is -0.660. The number of nitrogens with one attached hydrogen (secondary N) is 1. The molecule has 0 saturated carbocycles. The Bertz CT molecular complexity index is 712. The van der Waals surface area contributed by atoms with Crippen LogP contribution in [0.4, 0.5) is 5.13 Å². The van der Waals surface area contributed by atoms with Crippen LogP contribution >= 0.6 is 27.3 Å². The standard InChI is InChI=1S/C12H13BrN2O2S2/c13-8-3-4-10-11(6-8)18-12(15-10)14-7-9-2-1-5-19(9,16)17/h3-4,6,9H,1-2,5,7H2,(H,14,15). The van der Waals surface area contributed by atoms with Crippen molar-refractivity contribution in [1.82, 2.24) is 4.98 Å². The predicted octanol–water partition coefficient (Wildman–Crippen LogP) is 3.05. The van der Waals surface area contributed by atoms with Crippen molar-refractivity contribution in [3.05, 3.63) is 22.7 Å². The summed E-state index contributed by atoms with van der Waals surface area (Å²) in [5, 5.41) is 3.69. The van der Waals surface area contributed by atoms with E-state index in [0.717, 1.165) is 32.7 Å². The Kier molecular flexibility index (Phi) is 3.53. The summed E-state index contributed by atoms with van der Waals surface area (Å²) < 4.78 is 25.6. The maximum atomic E-state index is 11.7. The van der Waals surface area contributed by atoms with Gasteiger partial charge >= 0.3 is 0 Å². The van der Waals surface area contributed by atoms with Crippen LogP contribution in [0.1, 0.15) is 12.8 Å². The summed E-state index contributed by atoms with van der Waals surface area (Å²) in [5.74, 6) is 0.326. The first kappa shape index (κ1) is 13.3. The van der Waals surface area contributed by atoms with E-state index >= 15 is 0 Å². The number of aromatic nitrogens is 1. The first-order valence-corrected chi connectivity index (χ1v) is 9.39. The van der Waals surface area contributed by atoms with Gasteiger partial charge in [-0.3, -0.25) is 0 Å². The Labute approximate surface area is 124 Å². The van der Waals surface area contributed by atoms with Crippen molar-refractivity contribution in [1.29, 1.82) is 0 Å². The number of hydrogen-bond donors (Lipinski definition) is 1. The number of nitrogens with zero attached hydrogens (tertiary/aromatic N) is 1. The molecule has 1 saturated heterocycles. The molecule has 0 spiro atoms. The lowest BCUT2D eigenvalue weighted by molar-refractivity contribution is 0.591. The monoisotopic (exact) mass is 360 g/mol. The summed E-state index contributed by atoms with van der Waals surface area (Å²) in [7, 11) is -2.89. The van der Waals surface area contributed by atoms with Gasteiger partial charge < -0.3 is 5.32 Å². The van der Waals surface area contributed by atoms with E-state index in [2.05, 4.69) is 26.2 Å². The summed E-state index contributed by atoms with van der Waals surface area (Å²) >= 11 is 4.98. The van der Waals surface area contributed by atoms with Crippen LogP contribution in [0.15, 0.2) is 22.7 Å². The second kappa shape index (κ2) is 5.03. The Morgan fingerprint density at radius 3 is 3.05 bits per heavy atom. The zero-order chi connectivity index (χ0) is 13.5. The molecular weight excluding hydrogens is 348 g/mol. The largest absolute Gasteiger partial charge is 0.360 e. The smallest absolute Gasteiger partial charge is 0.183 e. The van der Waals surface area contributed by atoms with Gasteiger partial charge in [0.15, 0.2) is 15.0 Å². The number of sulfone groups is 1. The fraction of sp³-hybridized carbons (Fsp3) is 0.417. The molecule has 1 aliphatic heterocycles. The molecule has 1 unspecified atom stereocenters. The fourth-order valence-corrected chi connectivity index (χ4v) is 5.45. The molecule has 1 aliphatic rings. The van der Waals surface area contributed by atoms with E-state index in [9.17, 15) is 8.42 Å². The van der Waals surface area contributed by atoms with Gasteiger partial charge in [0.2, 0.25) is 0 Å². The molecule has 19 heavy (non-hydrogen) atoms. The Balaban J connectivity index is 1.75. The predicted molar refractivity (Wildman–Crippen MR) is 82.6 cm³/mol. The van der Waals surface area contributed by atoms with Crippen LogP contribution in [0.2, 0.25) is 0 Å². The molecule has 1 aromatic heterocycles. The minimum Gasteiger partial charge on any atom is -0.360 e. The van der Waals surface area contributed by atoms with Crippen LogP contribution in [0.5, 0.6) is 0 Å². The molecule has 3 rings (SSSR count). The second-order valence-electron chi connectivity index (χ2n) is 4.64. The summed E-state index contributed by atoms with van der Waals surface area (Å²) in [4.78, 5) is 4.45. The van der Waals surface area contributed by atoms with Crippen molar-refractivity contribution < 1.29 is 8.42 Å². The van der Waals surface area contributed by atoms with Gasteiger partial charge in [0.1, 0.15) is 0 Å². The molecule has 2 aromatic rings. The first-order valence-electron chi connectivity index (χ1n) is 6.06. The van der Waals surface area contributed by atoms with Crippen molar-refractivity contribution in [3.63, 3.8) is 0 Å². The Morgan fingerprint density at radius 2 is 2.32 bits per heavy atom. The molecule has 1 aromatic carbocycles. The lowest BCUT2D eigenvalue weighted by Crippen LogP contribution is -2.24. The number of rotatable bonds is 3. The normalized spacial score (nSPS) is 21.8. The van der Waals surface area contributed by atoms with Gasteiger partial charge in [0.05, 0.1) is 21.2 Å². The quantitative estimate of drug-likeness (QED) is 0.913. The molecule has 0 aliphatic carbocycles. The van der Waals surface area contributed by atoms with Gasteiger partial charge in [0.25, 0.3) is 0 Å². The number of halogens is 1. The van der Waals surface area contributed by atoms with Crippen molar-refractivity contribution in [2.75, 3.05) is 17.6 Å². The first-order chi connectivity index (χ1) is 9.04. The number of benzene rings is 1.